The molecular formula is C12H18N2. The van der Waals surface area contributed by atoms with Crippen LogP contribution in [0.3, 0.4) is 0 Å². The fourth-order valence-corrected chi connectivity index (χ4v) is 2.43. The van der Waals surface area contributed by atoms with E-state index in [-0.39, 0.29) is 0 Å². The maximum Gasteiger partial charge on any atom is 0.0427 e. The molecule has 14 heavy (non-hydrogen) atoms. The Morgan fingerprint density at radius 1 is 1.07 bits per heavy atom. The summed E-state index contributed by atoms with van der Waals surface area (Å²) in [5.74, 6) is 0. The molecule has 0 aromatic heterocycles. The summed E-state index contributed by atoms with van der Waals surface area (Å²) in [6.45, 7) is 6.70. The number of hydrogen-bond acceptors (Lipinski definition) is 2. The molecular weight excluding hydrogens is 172 g/mol. The van der Waals surface area contributed by atoms with Gasteiger partial charge in [0, 0.05) is 24.5 Å². The van der Waals surface area contributed by atoms with Gasteiger partial charge in [0.15, 0.2) is 0 Å². The lowest BCUT2D eigenvalue weighted by Gasteiger charge is -2.22. The molecule has 0 unspecified atom stereocenters. The molecule has 1 fully saturated rings. The van der Waals surface area contributed by atoms with Crippen LogP contribution in [0.5, 0.6) is 0 Å². The third kappa shape index (κ3) is 1.57. The third-order valence-corrected chi connectivity index (χ3v) is 2.94. The van der Waals surface area contributed by atoms with Crippen molar-refractivity contribution >= 4 is 11.4 Å². The van der Waals surface area contributed by atoms with E-state index < -0.39 is 0 Å². The number of aryl methyl sites for hydroxylation is 2. The molecule has 1 aliphatic heterocycles. The molecule has 0 aliphatic carbocycles. The van der Waals surface area contributed by atoms with Crippen LogP contribution in [0.1, 0.15) is 24.0 Å². The minimum atomic E-state index is 0.878. The summed E-state index contributed by atoms with van der Waals surface area (Å²) in [7, 11) is 0. The summed E-state index contributed by atoms with van der Waals surface area (Å²) in [4.78, 5) is 2.48. The summed E-state index contributed by atoms with van der Waals surface area (Å²) in [5, 5.41) is 0. The van der Waals surface area contributed by atoms with Crippen molar-refractivity contribution in [3.05, 3.63) is 23.3 Å². The first-order chi connectivity index (χ1) is 6.68. The molecule has 0 spiro atoms. The molecule has 2 N–H and O–H groups in total. The number of benzene rings is 1. The van der Waals surface area contributed by atoms with E-state index in [9.17, 15) is 0 Å². The minimum Gasteiger partial charge on any atom is -0.399 e. The molecule has 1 aromatic carbocycles. The van der Waals surface area contributed by atoms with Gasteiger partial charge in [-0.15, -0.1) is 0 Å². The molecule has 76 valence electrons. The number of nitrogens with two attached hydrogens (primary N) is 1. The van der Waals surface area contributed by atoms with E-state index in [0.717, 1.165) is 5.69 Å². The van der Waals surface area contributed by atoms with E-state index in [1.165, 1.54) is 42.7 Å². The SMILES string of the molecule is Cc1cc(N)cc(C)c1N1CCCC1. The van der Waals surface area contributed by atoms with E-state index in [4.69, 9.17) is 5.73 Å². The maximum absolute atomic E-state index is 5.81. The van der Waals surface area contributed by atoms with Crippen molar-refractivity contribution in [2.24, 2.45) is 0 Å². The topological polar surface area (TPSA) is 29.3 Å². The van der Waals surface area contributed by atoms with E-state index in [1.807, 2.05) is 0 Å². The van der Waals surface area contributed by atoms with Gasteiger partial charge in [0.2, 0.25) is 0 Å². The fraction of sp³-hybridized carbons (Fsp3) is 0.500. The predicted molar refractivity (Wildman–Crippen MR) is 61.8 cm³/mol. The molecule has 1 heterocycles. The first kappa shape index (κ1) is 9.38. The van der Waals surface area contributed by atoms with Gasteiger partial charge in [0.1, 0.15) is 0 Å². The highest BCUT2D eigenvalue weighted by molar-refractivity contribution is 5.64. The average Bonchev–Trinajstić information content (AvgIpc) is 2.54. The average molecular weight is 190 g/mol. The van der Waals surface area contributed by atoms with Gasteiger partial charge in [0.05, 0.1) is 0 Å². The Kier molecular flexibility index (Phi) is 2.36. The van der Waals surface area contributed by atoms with E-state index >= 15 is 0 Å². The van der Waals surface area contributed by atoms with Crippen molar-refractivity contribution in [2.75, 3.05) is 23.7 Å². The lowest BCUT2D eigenvalue weighted by atomic mass is 10.1. The number of rotatable bonds is 1. The van der Waals surface area contributed by atoms with Crippen LogP contribution >= 0.6 is 0 Å². The van der Waals surface area contributed by atoms with E-state index in [1.54, 1.807) is 0 Å². The quantitative estimate of drug-likeness (QED) is 0.689. The van der Waals surface area contributed by atoms with Crippen LogP contribution in [0.2, 0.25) is 0 Å². The molecule has 2 rings (SSSR count). The van der Waals surface area contributed by atoms with Crippen LogP contribution < -0.4 is 10.6 Å². The van der Waals surface area contributed by atoms with Crippen LogP contribution in [-0.2, 0) is 0 Å². The highest BCUT2D eigenvalue weighted by atomic mass is 15.1. The van der Waals surface area contributed by atoms with Crippen molar-refractivity contribution < 1.29 is 0 Å². The standard InChI is InChI=1S/C12H18N2/c1-9-7-11(13)8-10(2)12(9)14-5-3-4-6-14/h7-8H,3-6,13H2,1-2H3. The van der Waals surface area contributed by atoms with Crippen molar-refractivity contribution in [2.45, 2.75) is 26.7 Å². The number of hydrogen-bond donors (Lipinski definition) is 1. The Hall–Kier alpha value is -1.18. The molecule has 2 nitrogen and oxygen atoms in total. The zero-order valence-corrected chi connectivity index (χ0v) is 9.01. The van der Waals surface area contributed by atoms with Gasteiger partial charge in [-0.3, -0.25) is 0 Å². The fourth-order valence-electron chi connectivity index (χ4n) is 2.43. The summed E-state index contributed by atoms with van der Waals surface area (Å²) >= 11 is 0. The van der Waals surface area contributed by atoms with Gasteiger partial charge in [0.25, 0.3) is 0 Å². The number of nitrogens with zero attached hydrogens (tertiary/aromatic N) is 1. The molecule has 0 atom stereocenters. The van der Waals surface area contributed by atoms with E-state index in [0.29, 0.717) is 0 Å². The van der Waals surface area contributed by atoms with Gasteiger partial charge in [-0.25, -0.2) is 0 Å². The molecule has 1 aliphatic rings. The van der Waals surface area contributed by atoms with Crippen LogP contribution in [0, 0.1) is 13.8 Å². The van der Waals surface area contributed by atoms with Gasteiger partial charge in [-0.2, -0.15) is 0 Å². The zero-order chi connectivity index (χ0) is 10.1. The molecule has 2 heteroatoms. The Morgan fingerprint density at radius 3 is 2.07 bits per heavy atom. The zero-order valence-electron chi connectivity index (χ0n) is 9.01. The lowest BCUT2D eigenvalue weighted by Crippen LogP contribution is -2.19. The second-order valence-electron chi connectivity index (χ2n) is 4.20. The monoisotopic (exact) mass is 190 g/mol. The van der Waals surface area contributed by atoms with Crippen molar-refractivity contribution in [1.82, 2.24) is 0 Å². The second-order valence-corrected chi connectivity index (χ2v) is 4.20. The summed E-state index contributed by atoms with van der Waals surface area (Å²) in [6, 6.07) is 4.14. The molecule has 1 saturated heterocycles. The highest BCUT2D eigenvalue weighted by Gasteiger charge is 2.16. The second kappa shape index (κ2) is 3.52. The van der Waals surface area contributed by atoms with Crippen molar-refractivity contribution in [1.29, 1.82) is 0 Å². The first-order valence-electron chi connectivity index (χ1n) is 5.30. The molecule has 1 aromatic rings. The first-order valence-corrected chi connectivity index (χ1v) is 5.30. The lowest BCUT2D eigenvalue weighted by molar-refractivity contribution is 0.949. The normalized spacial score (nSPS) is 16.3. The Balaban J connectivity index is 2.40. The third-order valence-electron chi connectivity index (χ3n) is 2.94. The largest absolute Gasteiger partial charge is 0.399 e. The van der Waals surface area contributed by atoms with Crippen LogP contribution in [0.15, 0.2) is 12.1 Å². The van der Waals surface area contributed by atoms with Gasteiger partial charge < -0.3 is 10.6 Å². The summed E-state index contributed by atoms with van der Waals surface area (Å²) in [6.07, 6.45) is 2.65. The van der Waals surface area contributed by atoms with Crippen molar-refractivity contribution in [3.63, 3.8) is 0 Å². The Bertz CT molecular complexity index is 315. The van der Waals surface area contributed by atoms with Crippen LogP contribution in [-0.4, -0.2) is 13.1 Å². The summed E-state index contributed by atoms with van der Waals surface area (Å²) < 4.78 is 0. The molecule has 0 bridgehead atoms. The Morgan fingerprint density at radius 2 is 1.57 bits per heavy atom. The highest BCUT2D eigenvalue weighted by Crippen LogP contribution is 2.29. The van der Waals surface area contributed by atoms with Crippen LogP contribution in [0.4, 0.5) is 11.4 Å². The van der Waals surface area contributed by atoms with Gasteiger partial charge in [-0.1, -0.05) is 0 Å². The Labute approximate surface area is 85.7 Å². The van der Waals surface area contributed by atoms with Crippen molar-refractivity contribution in [3.8, 4) is 0 Å². The smallest absolute Gasteiger partial charge is 0.0427 e. The minimum absolute atomic E-state index is 0.878. The van der Waals surface area contributed by atoms with Gasteiger partial charge >= 0.3 is 0 Å². The number of nitrogen functional groups attached to an aromatic ring is 1. The van der Waals surface area contributed by atoms with Crippen LogP contribution in [0.25, 0.3) is 0 Å². The van der Waals surface area contributed by atoms with Gasteiger partial charge in [-0.05, 0) is 49.9 Å². The molecule has 0 amide bonds. The van der Waals surface area contributed by atoms with E-state index in [2.05, 4.69) is 30.9 Å². The molecule has 0 radical (unpaired) electrons. The number of anilines is 2. The summed E-state index contributed by atoms with van der Waals surface area (Å²) in [5.41, 5.74) is 10.7. The predicted octanol–water partition coefficient (Wildman–Crippen LogP) is 2.49. The molecule has 0 saturated carbocycles. The maximum atomic E-state index is 5.81.